The third-order valence-corrected chi connectivity index (χ3v) is 2.92. The van der Waals surface area contributed by atoms with Crippen molar-refractivity contribution in [2.24, 2.45) is 0 Å². The van der Waals surface area contributed by atoms with Gasteiger partial charge < -0.3 is 4.74 Å². The maximum atomic E-state index is 11.8. The lowest BCUT2D eigenvalue weighted by Gasteiger charge is -2.13. The quantitative estimate of drug-likeness (QED) is 0.358. The van der Waals surface area contributed by atoms with E-state index in [0.717, 1.165) is 0 Å². The van der Waals surface area contributed by atoms with E-state index in [9.17, 15) is 19.7 Å². The van der Waals surface area contributed by atoms with Gasteiger partial charge in [0.2, 0.25) is 0 Å². The van der Waals surface area contributed by atoms with Crippen LogP contribution in [-0.2, 0) is 14.3 Å². The zero-order chi connectivity index (χ0) is 14.6. The second-order valence-corrected chi connectivity index (χ2v) is 4.67. The summed E-state index contributed by atoms with van der Waals surface area (Å²) < 4.78 is 5.29. The molecule has 0 saturated carbocycles. The number of hydrogen-bond donors (Lipinski definition) is 0. The molecular weight excluding hydrogens is 318 g/mol. The molecular formula is C12H12BrNO5. The maximum absolute atomic E-state index is 11.8. The van der Waals surface area contributed by atoms with Gasteiger partial charge >= 0.3 is 5.97 Å². The summed E-state index contributed by atoms with van der Waals surface area (Å²) in [5.41, 5.74) is -0.248. The minimum atomic E-state index is -1.27. The van der Waals surface area contributed by atoms with Crippen LogP contribution in [0.15, 0.2) is 22.7 Å². The highest BCUT2D eigenvalue weighted by Gasteiger charge is 2.32. The summed E-state index contributed by atoms with van der Waals surface area (Å²) >= 11 is 3.11. The Morgan fingerprint density at radius 3 is 2.58 bits per heavy atom. The summed E-state index contributed by atoms with van der Waals surface area (Å²) in [4.78, 5) is 33.7. The first-order valence-corrected chi connectivity index (χ1v) is 6.28. The van der Waals surface area contributed by atoms with E-state index < -0.39 is 22.6 Å². The van der Waals surface area contributed by atoms with E-state index in [1.807, 2.05) is 0 Å². The summed E-state index contributed by atoms with van der Waals surface area (Å²) in [7, 11) is 0. The fraction of sp³-hybridized carbons (Fsp3) is 0.333. The van der Waals surface area contributed by atoms with Crippen molar-refractivity contribution >= 4 is 33.4 Å². The van der Waals surface area contributed by atoms with E-state index in [2.05, 4.69) is 15.9 Å². The number of nitro groups is 1. The van der Waals surface area contributed by atoms with Gasteiger partial charge in [-0.3, -0.25) is 19.7 Å². The second kappa shape index (κ2) is 6.42. The van der Waals surface area contributed by atoms with E-state index in [1.54, 1.807) is 6.92 Å². The molecule has 0 aromatic heterocycles. The minimum Gasteiger partial charge on any atom is -0.465 e. The summed E-state index contributed by atoms with van der Waals surface area (Å²) in [5.74, 6) is -2.54. The fourth-order valence-corrected chi connectivity index (χ4v) is 2.01. The van der Waals surface area contributed by atoms with Crippen LogP contribution in [0.4, 0.5) is 5.69 Å². The van der Waals surface area contributed by atoms with Crippen LogP contribution in [0, 0.1) is 10.1 Å². The van der Waals surface area contributed by atoms with Crippen LogP contribution in [0.1, 0.15) is 25.3 Å². The molecule has 102 valence electrons. The van der Waals surface area contributed by atoms with Crippen molar-refractivity contribution in [3.63, 3.8) is 0 Å². The molecule has 1 atom stereocenters. The first-order chi connectivity index (χ1) is 8.88. The molecule has 6 nitrogen and oxygen atoms in total. The van der Waals surface area contributed by atoms with Crippen LogP contribution in [-0.4, -0.2) is 23.3 Å². The molecule has 1 rings (SSSR count). The molecule has 0 fully saturated rings. The topological polar surface area (TPSA) is 86.5 Å². The molecule has 1 unspecified atom stereocenters. The molecule has 0 bridgehead atoms. The van der Waals surface area contributed by atoms with E-state index in [0.29, 0.717) is 4.47 Å². The normalized spacial score (nSPS) is 11.7. The molecule has 0 N–H and O–H groups in total. The van der Waals surface area contributed by atoms with Gasteiger partial charge in [-0.25, -0.2) is 0 Å². The van der Waals surface area contributed by atoms with Crippen LogP contribution in [0.5, 0.6) is 0 Å². The summed E-state index contributed by atoms with van der Waals surface area (Å²) in [6.07, 6.45) is 0. The van der Waals surface area contributed by atoms with Gasteiger partial charge in [-0.05, 0) is 26.0 Å². The van der Waals surface area contributed by atoms with Crippen molar-refractivity contribution in [3.05, 3.63) is 38.3 Å². The Morgan fingerprint density at radius 1 is 1.47 bits per heavy atom. The molecule has 0 spiro atoms. The van der Waals surface area contributed by atoms with Crippen LogP contribution >= 0.6 is 15.9 Å². The van der Waals surface area contributed by atoms with Crippen LogP contribution in [0.3, 0.4) is 0 Å². The first-order valence-electron chi connectivity index (χ1n) is 5.49. The van der Waals surface area contributed by atoms with Gasteiger partial charge in [-0.2, -0.15) is 0 Å². The summed E-state index contributed by atoms with van der Waals surface area (Å²) in [6.45, 7) is 2.91. The van der Waals surface area contributed by atoms with E-state index in [4.69, 9.17) is 4.74 Å². The third-order valence-electron chi connectivity index (χ3n) is 2.43. The first kappa shape index (κ1) is 15.3. The molecule has 0 aliphatic carbocycles. The highest BCUT2D eigenvalue weighted by atomic mass is 79.9. The van der Waals surface area contributed by atoms with Crippen molar-refractivity contribution in [3.8, 4) is 0 Å². The fourth-order valence-electron chi connectivity index (χ4n) is 1.66. The lowest BCUT2D eigenvalue weighted by atomic mass is 9.94. The minimum absolute atomic E-state index is 0.0409. The lowest BCUT2D eigenvalue weighted by Crippen LogP contribution is -2.23. The number of esters is 1. The van der Waals surface area contributed by atoms with Crippen LogP contribution < -0.4 is 0 Å². The van der Waals surface area contributed by atoms with Crippen LogP contribution in [0.25, 0.3) is 0 Å². The molecule has 0 amide bonds. The predicted octanol–water partition coefficient (Wildman–Crippen LogP) is 2.59. The Kier molecular flexibility index (Phi) is 5.17. The number of carbonyl (C=O) groups excluding carboxylic acids is 2. The maximum Gasteiger partial charge on any atom is 0.321 e. The molecule has 19 heavy (non-hydrogen) atoms. The average molecular weight is 330 g/mol. The standard InChI is InChI=1S/C12H12BrNO5/c1-3-19-12(16)11(7(2)15)9-5-4-8(13)6-10(9)14(17)18/h4-6,11H,3H2,1-2H3. The third kappa shape index (κ3) is 3.60. The molecule has 0 aliphatic heterocycles. The van der Waals surface area contributed by atoms with Crippen molar-refractivity contribution in [2.45, 2.75) is 19.8 Å². The van der Waals surface area contributed by atoms with E-state index >= 15 is 0 Å². The Morgan fingerprint density at radius 2 is 2.11 bits per heavy atom. The van der Waals surface area contributed by atoms with Gasteiger partial charge in [0.05, 0.1) is 17.1 Å². The molecule has 0 saturated heterocycles. The number of ether oxygens (including phenoxy) is 1. The van der Waals surface area contributed by atoms with Gasteiger partial charge in [-0.1, -0.05) is 15.9 Å². The molecule has 0 heterocycles. The highest BCUT2D eigenvalue weighted by molar-refractivity contribution is 9.10. The number of nitro benzene ring substituents is 1. The zero-order valence-corrected chi connectivity index (χ0v) is 12.0. The van der Waals surface area contributed by atoms with Crippen molar-refractivity contribution in [2.75, 3.05) is 6.61 Å². The Bertz CT molecular complexity index is 529. The molecule has 7 heteroatoms. The Balaban J connectivity index is 3.34. The number of halogens is 1. The lowest BCUT2D eigenvalue weighted by molar-refractivity contribution is -0.385. The van der Waals surface area contributed by atoms with Gasteiger partial charge in [0.1, 0.15) is 11.7 Å². The smallest absolute Gasteiger partial charge is 0.321 e. The van der Waals surface area contributed by atoms with Crippen molar-refractivity contribution < 1.29 is 19.2 Å². The molecule has 1 aromatic rings. The number of hydrogen-bond acceptors (Lipinski definition) is 5. The van der Waals surface area contributed by atoms with E-state index in [1.165, 1.54) is 25.1 Å². The largest absolute Gasteiger partial charge is 0.465 e. The monoisotopic (exact) mass is 329 g/mol. The summed E-state index contributed by atoms with van der Waals surface area (Å²) in [6, 6.07) is 4.17. The predicted molar refractivity (Wildman–Crippen MR) is 70.9 cm³/mol. The number of nitrogens with zero attached hydrogens (tertiary/aromatic N) is 1. The number of benzene rings is 1. The number of ketones is 1. The SMILES string of the molecule is CCOC(=O)C(C(C)=O)c1ccc(Br)cc1[N+](=O)[O-]. The van der Waals surface area contributed by atoms with Gasteiger partial charge in [0.15, 0.2) is 0 Å². The van der Waals surface area contributed by atoms with Crippen molar-refractivity contribution in [1.82, 2.24) is 0 Å². The van der Waals surface area contributed by atoms with Gasteiger partial charge in [0.25, 0.3) is 5.69 Å². The van der Waals surface area contributed by atoms with Gasteiger partial charge in [-0.15, -0.1) is 0 Å². The zero-order valence-electron chi connectivity index (χ0n) is 10.4. The number of rotatable bonds is 5. The highest BCUT2D eigenvalue weighted by Crippen LogP contribution is 2.31. The van der Waals surface area contributed by atoms with Crippen molar-refractivity contribution in [1.29, 1.82) is 0 Å². The average Bonchev–Trinajstić information content (AvgIpc) is 2.31. The number of carbonyl (C=O) groups is 2. The Hall–Kier alpha value is -1.76. The second-order valence-electron chi connectivity index (χ2n) is 3.76. The molecule has 1 aromatic carbocycles. The Labute approximate surface area is 118 Å². The van der Waals surface area contributed by atoms with Gasteiger partial charge in [0, 0.05) is 10.5 Å². The summed E-state index contributed by atoms with van der Waals surface area (Å²) in [5, 5.41) is 11.0. The molecule has 0 radical (unpaired) electrons. The molecule has 0 aliphatic rings. The number of Topliss-reactive ketones (excluding diaryl/α,β-unsaturated/α-hetero) is 1. The van der Waals surface area contributed by atoms with E-state index in [-0.39, 0.29) is 17.9 Å². The van der Waals surface area contributed by atoms with Crippen LogP contribution in [0.2, 0.25) is 0 Å².